The quantitative estimate of drug-likeness (QED) is 0.504. The van der Waals surface area contributed by atoms with E-state index in [-0.39, 0.29) is 6.04 Å². The zero-order chi connectivity index (χ0) is 7.40. The Bertz CT molecular complexity index is 133. The Morgan fingerprint density at radius 2 is 2.10 bits per heavy atom. The average Bonchev–Trinajstić information content (AvgIpc) is 2.05. The summed E-state index contributed by atoms with van der Waals surface area (Å²) in [6, 6.07) is 0.198. The van der Waals surface area contributed by atoms with E-state index in [1.807, 2.05) is 6.92 Å². The fourth-order valence-corrected chi connectivity index (χ4v) is 1.30. The molecule has 0 aromatic rings. The summed E-state index contributed by atoms with van der Waals surface area (Å²) in [5, 5.41) is 0. The first kappa shape index (κ1) is 7.56. The van der Waals surface area contributed by atoms with E-state index in [9.17, 15) is 0 Å². The predicted octanol–water partition coefficient (Wildman–Crippen LogP) is 1.72. The van der Waals surface area contributed by atoms with E-state index in [1.165, 1.54) is 0 Å². The lowest BCUT2D eigenvalue weighted by Gasteiger charge is -2.20. The predicted molar refractivity (Wildman–Crippen MR) is 39.6 cm³/mol. The second-order valence-electron chi connectivity index (χ2n) is 2.82. The van der Waals surface area contributed by atoms with Gasteiger partial charge in [-0.25, -0.2) is 6.57 Å². The van der Waals surface area contributed by atoms with Crippen molar-refractivity contribution in [3.8, 4) is 0 Å². The van der Waals surface area contributed by atoms with Crippen LogP contribution in [0.4, 0.5) is 0 Å². The number of ether oxygens (including phenoxy) is 1. The molecule has 1 aliphatic heterocycles. The molecule has 0 aromatic carbocycles. The smallest absolute Gasteiger partial charge is 0.223 e. The van der Waals surface area contributed by atoms with E-state index in [4.69, 9.17) is 11.3 Å². The van der Waals surface area contributed by atoms with Crippen molar-refractivity contribution in [1.82, 2.24) is 0 Å². The van der Waals surface area contributed by atoms with Gasteiger partial charge in [0, 0.05) is 26.1 Å². The Hall–Kier alpha value is -0.550. The molecule has 0 saturated carbocycles. The summed E-state index contributed by atoms with van der Waals surface area (Å²) >= 11 is 0. The monoisotopic (exact) mass is 139 g/mol. The molecular weight excluding hydrogens is 126 g/mol. The molecule has 2 heteroatoms. The van der Waals surface area contributed by atoms with E-state index in [2.05, 4.69) is 4.85 Å². The molecule has 1 unspecified atom stereocenters. The summed E-state index contributed by atoms with van der Waals surface area (Å²) in [6.45, 7) is 10.5. The molecule has 2 nitrogen and oxygen atoms in total. The Morgan fingerprint density at radius 3 is 2.60 bits per heavy atom. The van der Waals surface area contributed by atoms with Crippen LogP contribution >= 0.6 is 0 Å². The van der Waals surface area contributed by atoms with Gasteiger partial charge < -0.3 is 9.58 Å². The van der Waals surface area contributed by atoms with E-state index in [1.54, 1.807) is 0 Å². The number of nitrogens with zero attached hydrogens (tertiary/aromatic N) is 1. The summed E-state index contributed by atoms with van der Waals surface area (Å²) in [7, 11) is 0. The highest BCUT2D eigenvalue weighted by Crippen LogP contribution is 2.20. The second kappa shape index (κ2) is 3.58. The van der Waals surface area contributed by atoms with Gasteiger partial charge >= 0.3 is 0 Å². The van der Waals surface area contributed by atoms with Crippen LogP contribution in [0.1, 0.15) is 19.8 Å². The summed E-state index contributed by atoms with van der Waals surface area (Å²) in [6.07, 6.45) is 2.15. The molecule has 0 N–H and O–H groups in total. The van der Waals surface area contributed by atoms with Crippen LogP contribution in [-0.4, -0.2) is 19.3 Å². The lowest BCUT2D eigenvalue weighted by atomic mass is 9.94. The molecule has 1 heterocycles. The molecule has 0 radical (unpaired) electrons. The molecule has 0 aliphatic carbocycles. The maximum absolute atomic E-state index is 6.83. The van der Waals surface area contributed by atoms with Crippen LogP contribution in [0.3, 0.4) is 0 Å². The molecule has 1 atom stereocenters. The second-order valence-corrected chi connectivity index (χ2v) is 2.82. The van der Waals surface area contributed by atoms with Gasteiger partial charge in [0.15, 0.2) is 0 Å². The molecular formula is C8H13NO. The number of rotatable bonds is 1. The Morgan fingerprint density at radius 1 is 1.50 bits per heavy atom. The first-order valence-electron chi connectivity index (χ1n) is 3.79. The molecule has 0 spiro atoms. The lowest BCUT2D eigenvalue weighted by molar-refractivity contribution is 0.0636. The summed E-state index contributed by atoms with van der Waals surface area (Å²) < 4.78 is 5.19. The maximum Gasteiger partial charge on any atom is 0.223 e. The fraction of sp³-hybridized carbons (Fsp3) is 0.875. The van der Waals surface area contributed by atoms with Crippen molar-refractivity contribution in [2.24, 2.45) is 5.92 Å². The SMILES string of the molecule is [C-]#[N+]C(C)C1CCOCC1. The zero-order valence-corrected chi connectivity index (χ0v) is 6.34. The molecule has 0 bridgehead atoms. The molecule has 1 rings (SSSR count). The number of hydrogen-bond donors (Lipinski definition) is 0. The van der Waals surface area contributed by atoms with Crippen LogP contribution < -0.4 is 0 Å². The Labute approximate surface area is 62.0 Å². The standard InChI is InChI=1S/C8H13NO/c1-7(9-2)8-3-5-10-6-4-8/h7-8H,3-6H2,1H3. The molecule has 56 valence electrons. The third kappa shape index (κ3) is 1.71. The Kier molecular flexibility index (Phi) is 2.70. The number of hydrogen-bond acceptors (Lipinski definition) is 1. The van der Waals surface area contributed by atoms with Gasteiger partial charge in [-0.1, -0.05) is 0 Å². The summed E-state index contributed by atoms with van der Waals surface area (Å²) in [5.41, 5.74) is 0. The molecule has 1 aliphatic rings. The zero-order valence-electron chi connectivity index (χ0n) is 6.34. The van der Waals surface area contributed by atoms with Gasteiger partial charge in [0.25, 0.3) is 0 Å². The normalized spacial score (nSPS) is 23.6. The van der Waals surface area contributed by atoms with Crippen molar-refractivity contribution < 1.29 is 4.74 Å². The van der Waals surface area contributed by atoms with Crippen LogP contribution in [0.5, 0.6) is 0 Å². The van der Waals surface area contributed by atoms with Crippen molar-refractivity contribution in [1.29, 1.82) is 0 Å². The maximum atomic E-state index is 6.83. The van der Waals surface area contributed by atoms with Gasteiger partial charge in [0.2, 0.25) is 6.04 Å². The first-order valence-corrected chi connectivity index (χ1v) is 3.79. The molecule has 0 amide bonds. The highest BCUT2D eigenvalue weighted by molar-refractivity contribution is 4.82. The van der Waals surface area contributed by atoms with Gasteiger partial charge in [0.1, 0.15) is 0 Å². The third-order valence-electron chi connectivity index (χ3n) is 2.15. The first-order chi connectivity index (χ1) is 4.84. The molecule has 1 saturated heterocycles. The highest BCUT2D eigenvalue weighted by Gasteiger charge is 2.23. The van der Waals surface area contributed by atoms with Gasteiger partial charge in [-0.2, -0.15) is 0 Å². The average molecular weight is 139 g/mol. The van der Waals surface area contributed by atoms with Crippen molar-refractivity contribution in [2.75, 3.05) is 13.2 Å². The van der Waals surface area contributed by atoms with E-state index < -0.39 is 0 Å². The minimum atomic E-state index is 0.198. The van der Waals surface area contributed by atoms with Crippen LogP contribution in [0.25, 0.3) is 4.85 Å². The van der Waals surface area contributed by atoms with Crippen LogP contribution in [0, 0.1) is 12.5 Å². The van der Waals surface area contributed by atoms with Crippen LogP contribution in [0.15, 0.2) is 0 Å². The highest BCUT2D eigenvalue weighted by atomic mass is 16.5. The van der Waals surface area contributed by atoms with Crippen molar-refractivity contribution >= 4 is 0 Å². The van der Waals surface area contributed by atoms with E-state index in [0.717, 1.165) is 26.1 Å². The van der Waals surface area contributed by atoms with E-state index in [0.29, 0.717) is 5.92 Å². The molecule has 0 aromatic heterocycles. The topological polar surface area (TPSA) is 13.6 Å². The molecule has 10 heavy (non-hydrogen) atoms. The minimum absolute atomic E-state index is 0.198. The van der Waals surface area contributed by atoms with Crippen molar-refractivity contribution in [3.05, 3.63) is 11.4 Å². The minimum Gasteiger partial charge on any atom is -0.381 e. The summed E-state index contributed by atoms with van der Waals surface area (Å²) in [5.74, 6) is 0.589. The van der Waals surface area contributed by atoms with Gasteiger partial charge in [-0.05, 0) is 12.8 Å². The lowest BCUT2D eigenvalue weighted by Crippen LogP contribution is -2.22. The fourth-order valence-electron chi connectivity index (χ4n) is 1.30. The van der Waals surface area contributed by atoms with Gasteiger partial charge in [-0.15, -0.1) is 0 Å². The van der Waals surface area contributed by atoms with Crippen molar-refractivity contribution in [3.63, 3.8) is 0 Å². The van der Waals surface area contributed by atoms with Gasteiger partial charge in [0.05, 0.1) is 0 Å². The summed E-state index contributed by atoms with van der Waals surface area (Å²) in [4.78, 5) is 3.51. The largest absolute Gasteiger partial charge is 0.381 e. The van der Waals surface area contributed by atoms with E-state index >= 15 is 0 Å². The van der Waals surface area contributed by atoms with Crippen molar-refractivity contribution in [2.45, 2.75) is 25.8 Å². The van der Waals surface area contributed by atoms with Crippen LogP contribution in [-0.2, 0) is 4.74 Å². The third-order valence-corrected chi connectivity index (χ3v) is 2.15. The van der Waals surface area contributed by atoms with Gasteiger partial charge in [-0.3, -0.25) is 0 Å². The Balaban J connectivity index is 2.33. The molecule has 1 fully saturated rings. The van der Waals surface area contributed by atoms with Crippen LogP contribution in [0.2, 0.25) is 0 Å².